The van der Waals surface area contributed by atoms with Gasteiger partial charge >= 0.3 is 5.97 Å². The molecule has 3 aromatic carbocycles. The Kier molecular flexibility index (Phi) is 7.79. The van der Waals surface area contributed by atoms with E-state index in [2.05, 4.69) is 4.99 Å². The summed E-state index contributed by atoms with van der Waals surface area (Å²) in [6.45, 7) is 2.00. The SMILES string of the molecule is COC(=O)C1=C(C)N=c2s/c(=C\c3ccccc3[N+](=O)[O-])c(=O)n2C1c1ccc(OCc2ccccc2)c(OC)c1. The fourth-order valence-electron chi connectivity index (χ4n) is 4.63. The number of carbonyl (C=O) groups is 1. The Morgan fingerprint density at radius 2 is 1.80 bits per heavy atom. The number of nitro benzene ring substituents is 1. The number of allylic oxidation sites excluding steroid dienone is 1. The van der Waals surface area contributed by atoms with Crippen LogP contribution in [-0.2, 0) is 16.1 Å². The van der Waals surface area contributed by atoms with Crippen LogP contribution in [-0.4, -0.2) is 29.7 Å². The molecule has 0 amide bonds. The number of thiazole rings is 1. The number of hydrogen-bond donors (Lipinski definition) is 0. The molecule has 1 aliphatic heterocycles. The molecule has 1 aromatic heterocycles. The molecule has 1 unspecified atom stereocenters. The van der Waals surface area contributed by atoms with Crippen molar-refractivity contribution in [2.24, 2.45) is 4.99 Å². The molecular formula is C30H25N3O7S. The van der Waals surface area contributed by atoms with Crippen LogP contribution in [0.5, 0.6) is 11.5 Å². The van der Waals surface area contributed by atoms with Crippen molar-refractivity contribution < 1.29 is 23.9 Å². The fourth-order valence-corrected chi connectivity index (χ4v) is 5.67. The number of benzene rings is 3. The predicted octanol–water partition coefficient (Wildman–Crippen LogP) is 3.90. The first-order valence-corrected chi connectivity index (χ1v) is 13.3. The summed E-state index contributed by atoms with van der Waals surface area (Å²) in [5, 5.41) is 11.5. The maximum atomic E-state index is 13.8. The van der Waals surface area contributed by atoms with Crippen LogP contribution in [0.1, 0.15) is 29.7 Å². The van der Waals surface area contributed by atoms with E-state index < -0.39 is 22.5 Å². The zero-order valence-corrected chi connectivity index (χ0v) is 23.2. The quantitative estimate of drug-likeness (QED) is 0.179. The maximum Gasteiger partial charge on any atom is 0.338 e. The van der Waals surface area contributed by atoms with Crippen molar-refractivity contribution in [1.29, 1.82) is 0 Å². The van der Waals surface area contributed by atoms with Crippen molar-refractivity contribution in [2.75, 3.05) is 14.2 Å². The van der Waals surface area contributed by atoms with Gasteiger partial charge in [0.1, 0.15) is 6.61 Å². The van der Waals surface area contributed by atoms with Gasteiger partial charge in [-0.25, -0.2) is 9.79 Å². The van der Waals surface area contributed by atoms with Gasteiger partial charge < -0.3 is 14.2 Å². The zero-order valence-electron chi connectivity index (χ0n) is 22.4. The smallest absolute Gasteiger partial charge is 0.338 e. The average molecular weight is 572 g/mol. The van der Waals surface area contributed by atoms with Crippen LogP contribution in [0.2, 0.25) is 0 Å². The van der Waals surface area contributed by atoms with Crippen LogP contribution < -0.4 is 24.4 Å². The third kappa shape index (κ3) is 5.39. The molecule has 0 saturated carbocycles. The minimum atomic E-state index is -0.885. The molecule has 0 radical (unpaired) electrons. The van der Waals surface area contributed by atoms with E-state index >= 15 is 0 Å². The number of para-hydroxylation sites is 1. The van der Waals surface area contributed by atoms with Gasteiger partial charge in [0.05, 0.1) is 46.6 Å². The molecule has 41 heavy (non-hydrogen) atoms. The molecule has 0 fully saturated rings. The van der Waals surface area contributed by atoms with Gasteiger partial charge in [-0.3, -0.25) is 19.5 Å². The monoisotopic (exact) mass is 571 g/mol. The normalized spacial score (nSPS) is 14.7. The molecule has 0 spiro atoms. The lowest BCUT2D eigenvalue weighted by Crippen LogP contribution is -2.39. The second-order valence-corrected chi connectivity index (χ2v) is 10.1. The zero-order chi connectivity index (χ0) is 29.1. The lowest BCUT2D eigenvalue weighted by Gasteiger charge is -2.25. The number of methoxy groups -OCH3 is 2. The van der Waals surface area contributed by atoms with E-state index in [0.29, 0.717) is 34.2 Å². The van der Waals surface area contributed by atoms with E-state index in [9.17, 15) is 19.7 Å². The number of aromatic nitrogens is 1. The molecular weight excluding hydrogens is 546 g/mol. The van der Waals surface area contributed by atoms with E-state index in [1.807, 2.05) is 30.3 Å². The summed E-state index contributed by atoms with van der Waals surface area (Å²) in [4.78, 5) is 42.7. The van der Waals surface area contributed by atoms with Gasteiger partial charge in [-0.05, 0) is 42.3 Å². The Balaban J connectivity index is 1.64. The Morgan fingerprint density at radius 1 is 1.07 bits per heavy atom. The van der Waals surface area contributed by atoms with Crippen molar-refractivity contribution >= 4 is 29.1 Å². The third-order valence-corrected chi connectivity index (χ3v) is 7.57. The number of esters is 1. The van der Waals surface area contributed by atoms with Gasteiger partial charge in [-0.15, -0.1) is 0 Å². The van der Waals surface area contributed by atoms with Gasteiger partial charge in [0.2, 0.25) is 0 Å². The highest BCUT2D eigenvalue weighted by atomic mass is 32.1. The number of nitrogens with zero attached hydrogens (tertiary/aromatic N) is 3. The first-order valence-electron chi connectivity index (χ1n) is 12.5. The second kappa shape index (κ2) is 11.6. The minimum absolute atomic E-state index is 0.128. The summed E-state index contributed by atoms with van der Waals surface area (Å²) in [6, 6.07) is 20.1. The van der Waals surface area contributed by atoms with Crippen LogP contribution >= 0.6 is 11.3 Å². The summed E-state index contributed by atoms with van der Waals surface area (Å²) >= 11 is 1.08. The number of nitro groups is 1. The molecule has 4 aromatic rings. The molecule has 11 heteroatoms. The molecule has 2 heterocycles. The largest absolute Gasteiger partial charge is 0.493 e. The van der Waals surface area contributed by atoms with Crippen LogP contribution in [0.4, 0.5) is 5.69 Å². The second-order valence-electron chi connectivity index (χ2n) is 9.07. The third-order valence-electron chi connectivity index (χ3n) is 6.59. The first-order chi connectivity index (χ1) is 19.8. The van der Waals surface area contributed by atoms with Crippen LogP contribution in [0.25, 0.3) is 6.08 Å². The molecule has 0 bridgehead atoms. The van der Waals surface area contributed by atoms with E-state index in [1.54, 1.807) is 43.3 Å². The van der Waals surface area contributed by atoms with Gasteiger partial charge in [0.25, 0.3) is 11.2 Å². The summed E-state index contributed by atoms with van der Waals surface area (Å²) in [5.41, 5.74) is 1.84. The predicted molar refractivity (Wildman–Crippen MR) is 153 cm³/mol. The summed E-state index contributed by atoms with van der Waals surface area (Å²) in [7, 11) is 2.77. The standard InChI is InChI=1S/C30H25N3O7S/c1-18-26(29(35)39-3)27(21-13-14-23(24(15-21)38-2)40-17-19-9-5-4-6-10-19)32-28(34)25(41-30(32)31-18)16-20-11-7-8-12-22(20)33(36)37/h4-16,27H,17H2,1-3H3/b25-16-. The van der Waals surface area contributed by atoms with E-state index in [0.717, 1.165) is 16.9 Å². The lowest BCUT2D eigenvalue weighted by molar-refractivity contribution is -0.385. The van der Waals surface area contributed by atoms with Crippen LogP contribution in [0.15, 0.2) is 93.9 Å². The maximum absolute atomic E-state index is 13.8. The van der Waals surface area contributed by atoms with Gasteiger partial charge in [-0.2, -0.15) is 0 Å². The Morgan fingerprint density at radius 3 is 2.51 bits per heavy atom. The van der Waals surface area contributed by atoms with Crippen molar-refractivity contribution in [2.45, 2.75) is 19.6 Å². The Labute approximate surface area is 238 Å². The Bertz CT molecular complexity index is 1860. The van der Waals surface area contributed by atoms with Crippen LogP contribution in [0.3, 0.4) is 0 Å². The van der Waals surface area contributed by atoms with Gasteiger partial charge in [0, 0.05) is 6.07 Å². The van der Waals surface area contributed by atoms with Gasteiger partial charge in [-0.1, -0.05) is 59.9 Å². The number of fused-ring (bicyclic) bond motifs is 1. The van der Waals surface area contributed by atoms with Crippen molar-refractivity contribution in [3.8, 4) is 11.5 Å². The van der Waals surface area contributed by atoms with E-state index in [1.165, 1.54) is 30.9 Å². The summed E-state index contributed by atoms with van der Waals surface area (Å²) in [6.07, 6.45) is 1.47. The van der Waals surface area contributed by atoms with Crippen LogP contribution in [0, 0.1) is 10.1 Å². The minimum Gasteiger partial charge on any atom is -0.493 e. The fraction of sp³-hybridized carbons (Fsp3) is 0.167. The Hall–Kier alpha value is -5.03. The summed E-state index contributed by atoms with van der Waals surface area (Å²) < 4.78 is 18.3. The van der Waals surface area contributed by atoms with Gasteiger partial charge in [0.15, 0.2) is 16.3 Å². The highest BCUT2D eigenvalue weighted by Crippen LogP contribution is 2.36. The number of ether oxygens (including phenoxy) is 3. The summed E-state index contributed by atoms with van der Waals surface area (Å²) in [5.74, 6) is 0.274. The molecule has 0 saturated heterocycles. The molecule has 0 aliphatic carbocycles. The van der Waals surface area contributed by atoms with Crippen molar-refractivity contribution in [3.05, 3.63) is 131 Å². The first kappa shape index (κ1) is 27.5. The molecule has 1 atom stereocenters. The molecule has 208 valence electrons. The van der Waals surface area contributed by atoms with Crippen molar-refractivity contribution in [1.82, 2.24) is 4.57 Å². The molecule has 10 nitrogen and oxygen atoms in total. The highest BCUT2D eigenvalue weighted by Gasteiger charge is 2.33. The average Bonchev–Trinajstić information content (AvgIpc) is 3.29. The van der Waals surface area contributed by atoms with E-state index in [-0.39, 0.29) is 21.4 Å². The molecule has 0 N–H and O–H groups in total. The molecule has 5 rings (SSSR count). The van der Waals surface area contributed by atoms with Crippen molar-refractivity contribution in [3.63, 3.8) is 0 Å². The van der Waals surface area contributed by atoms with E-state index in [4.69, 9.17) is 14.2 Å². The molecule has 1 aliphatic rings. The number of hydrogen-bond acceptors (Lipinski definition) is 9. The number of carbonyl (C=O) groups excluding carboxylic acids is 1. The topological polar surface area (TPSA) is 122 Å². The highest BCUT2D eigenvalue weighted by molar-refractivity contribution is 7.07. The number of rotatable bonds is 8. The lowest BCUT2D eigenvalue weighted by atomic mass is 9.95.